The van der Waals surface area contributed by atoms with E-state index in [2.05, 4.69) is 10.2 Å². The highest BCUT2D eigenvalue weighted by molar-refractivity contribution is 5.90. The fourth-order valence-corrected chi connectivity index (χ4v) is 5.05. The summed E-state index contributed by atoms with van der Waals surface area (Å²) in [6.45, 7) is 2.19. The number of anilines is 1. The summed E-state index contributed by atoms with van der Waals surface area (Å²) in [5.41, 5.74) is 4.99. The normalized spacial score (nSPS) is 23.5. The van der Waals surface area contributed by atoms with Gasteiger partial charge in [0.25, 0.3) is 0 Å². The third-order valence-electron chi connectivity index (χ3n) is 7.22. The zero-order valence-electron chi connectivity index (χ0n) is 22.1. The number of hydrogen-bond acceptors (Lipinski definition) is 8. The van der Waals surface area contributed by atoms with Crippen molar-refractivity contribution in [3.63, 3.8) is 0 Å². The van der Waals surface area contributed by atoms with Crippen molar-refractivity contribution in [1.82, 2.24) is 10.4 Å². The molecule has 2 aromatic carbocycles. The Labute approximate surface area is 228 Å². The van der Waals surface area contributed by atoms with Crippen molar-refractivity contribution in [2.24, 2.45) is 0 Å². The summed E-state index contributed by atoms with van der Waals surface area (Å²) in [5.74, 6) is -0.517. The summed E-state index contributed by atoms with van der Waals surface area (Å²) in [7, 11) is 0. The van der Waals surface area contributed by atoms with E-state index >= 15 is 0 Å². The summed E-state index contributed by atoms with van der Waals surface area (Å²) in [6, 6.07) is 15.2. The zero-order chi connectivity index (χ0) is 27.6. The standard InChI is InChI=1S/C29H39N3O7/c33-19-20-6-8-21(9-7-20)26-16-25(18-32-15-14-24(34)17-32)38-29(39-26)22-10-12-23(13-11-22)30-27(35)4-2-1-3-5-28(36)31-37/h6-13,24-26,29,33-34,37H,1-5,14-19H2,(H,30,35)(H,31,36)/t24-,25+,26-,29-/m0/s1. The highest BCUT2D eigenvalue weighted by atomic mass is 16.7. The predicted octanol–water partition coefficient (Wildman–Crippen LogP) is 3.19. The van der Waals surface area contributed by atoms with E-state index in [-0.39, 0.29) is 37.2 Å². The number of β-amino-alcohol motifs (C(OH)–C–C–N with tert-alkyl or cyclic N) is 1. The van der Waals surface area contributed by atoms with E-state index in [1.54, 1.807) is 5.48 Å². The number of aliphatic hydroxyl groups is 2. The van der Waals surface area contributed by atoms with E-state index in [1.165, 1.54) is 0 Å². The van der Waals surface area contributed by atoms with Gasteiger partial charge in [-0.25, -0.2) is 5.48 Å². The van der Waals surface area contributed by atoms with Crippen molar-refractivity contribution >= 4 is 17.5 Å². The summed E-state index contributed by atoms with van der Waals surface area (Å²) >= 11 is 0. The third-order valence-corrected chi connectivity index (χ3v) is 7.22. The maximum atomic E-state index is 12.3. The minimum Gasteiger partial charge on any atom is -0.392 e. The molecule has 10 nitrogen and oxygen atoms in total. The molecular weight excluding hydrogens is 502 g/mol. The summed E-state index contributed by atoms with van der Waals surface area (Å²) in [6.07, 6.45) is 2.88. The molecule has 4 atom stereocenters. The average molecular weight is 542 g/mol. The summed E-state index contributed by atoms with van der Waals surface area (Å²) in [5, 5.41) is 30.8. The number of nitrogens with zero attached hydrogens (tertiary/aromatic N) is 1. The van der Waals surface area contributed by atoms with Gasteiger partial charge in [0.05, 0.1) is 24.9 Å². The third kappa shape index (κ3) is 8.82. The number of ether oxygens (including phenoxy) is 2. The number of aliphatic hydroxyl groups excluding tert-OH is 2. The second-order valence-electron chi connectivity index (χ2n) is 10.3. The lowest BCUT2D eigenvalue weighted by Gasteiger charge is -2.37. The molecule has 0 aromatic heterocycles. The molecule has 0 radical (unpaired) electrons. The van der Waals surface area contributed by atoms with Crippen LogP contribution in [0.2, 0.25) is 0 Å². The summed E-state index contributed by atoms with van der Waals surface area (Å²) in [4.78, 5) is 25.6. The highest BCUT2D eigenvalue weighted by Gasteiger charge is 2.34. The van der Waals surface area contributed by atoms with E-state index in [0.717, 1.165) is 36.1 Å². The first kappa shape index (κ1) is 29.1. The Morgan fingerprint density at radius 2 is 1.62 bits per heavy atom. The first-order valence-corrected chi connectivity index (χ1v) is 13.7. The Morgan fingerprint density at radius 3 is 2.26 bits per heavy atom. The van der Waals surface area contributed by atoms with Gasteiger partial charge in [0, 0.05) is 50.1 Å². The number of hydroxylamine groups is 1. The molecule has 212 valence electrons. The molecule has 2 fully saturated rings. The number of rotatable bonds is 12. The van der Waals surface area contributed by atoms with Gasteiger partial charge in [0.15, 0.2) is 6.29 Å². The lowest BCUT2D eigenvalue weighted by molar-refractivity contribution is -0.252. The van der Waals surface area contributed by atoms with Crippen LogP contribution < -0.4 is 10.8 Å². The van der Waals surface area contributed by atoms with Gasteiger partial charge in [-0.3, -0.25) is 19.7 Å². The van der Waals surface area contributed by atoms with Crippen LogP contribution in [-0.4, -0.2) is 64.0 Å². The van der Waals surface area contributed by atoms with Crippen LogP contribution in [0.5, 0.6) is 0 Å². The van der Waals surface area contributed by atoms with Gasteiger partial charge in [-0.15, -0.1) is 0 Å². The lowest BCUT2D eigenvalue weighted by atomic mass is 9.99. The Kier molecular flexibility index (Phi) is 10.8. The predicted molar refractivity (Wildman–Crippen MR) is 144 cm³/mol. The van der Waals surface area contributed by atoms with Gasteiger partial charge in [0.1, 0.15) is 0 Å². The van der Waals surface area contributed by atoms with Gasteiger partial charge in [-0.2, -0.15) is 0 Å². The number of carbonyl (C=O) groups is 2. The second kappa shape index (κ2) is 14.5. The van der Waals surface area contributed by atoms with E-state index in [1.807, 2.05) is 48.5 Å². The first-order valence-electron chi connectivity index (χ1n) is 13.7. The molecule has 5 N–H and O–H groups in total. The van der Waals surface area contributed by atoms with E-state index < -0.39 is 12.2 Å². The number of nitrogens with one attached hydrogen (secondary N) is 2. The van der Waals surface area contributed by atoms with Gasteiger partial charge in [0.2, 0.25) is 11.8 Å². The van der Waals surface area contributed by atoms with Crippen LogP contribution in [0, 0.1) is 0 Å². The van der Waals surface area contributed by atoms with Gasteiger partial charge in [-0.05, 0) is 42.5 Å². The fourth-order valence-electron chi connectivity index (χ4n) is 5.05. The van der Waals surface area contributed by atoms with E-state index in [0.29, 0.717) is 44.5 Å². The van der Waals surface area contributed by atoms with Crippen LogP contribution in [0.1, 0.15) is 74.0 Å². The topological polar surface area (TPSA) is 141 Å². The van der Waals surface area contributed by atoms with Crippen molar-refractivity contribution in [3.8, 4) is 0 Å². The Morgan fingerprint density at radius 1 is 0.923 bits per heavy atom. The number of amides is 2. The molecule has 2 aliphatic heterocycles. The highest BCUT2D eigenvalue weighted by Crippen LogP contribution is 2.38. The maximum Gasteiger partial charge on any atom is 0.243 e. The number of likely N-dealkylation sites (tertiary alicyclic amines) is 1. The lowest BCUT2D eigenvalue weighted by Crippen LogP contribution is -2.38. The molecule has 39 heavy (non-hydrogen) atoms. The zero-order valence-corrected chi connectivity index (χ0v) is 22.1. The van der Waals surface area contributed by atoms with Crippen molar-refractivity contribution in [1.29, 1.82) is 0 Å². The van der Waals surface area contributed by atoms with Crippen LogP contribution in [0.15, 0.2) is 48.5 Å². The van der Waals surface area contributed by atoms with Crippen LogP contribution in [0.3, 0.4) is 0 Å². The molecule has 4 rings (SSSR count). The quantitative estimate of drug-likeness (QED) is 0.157. The molecule has 2 aromatic rings. The molecule has 0 aliphatic carbocycles. The second-order valence-corrected chi connectivity index (χ2v) is 10.3. The molecule has 2 amide bonds. The molecule has 0 saturated carbocycles. The first-order chi connectivity index (χ1) is 18.9. The number of carbonyl (C=O) groups excluding carboxylic acids is 2. The molecule has 2 saturated heterocycles. The SMILES string of the molecule is O=C(CCCCCC(=O)Nc1ccc([C@H]2O[C@@H](CN3CC[C@H](O)C3)C[C@@H](c3ccc(CO)cc3)O2)cc1)NO. The van der Waals surface area contributed by atoms with Crippen LogP contribution in [0.25, 0.3) is 0 Å². The largest absolute Gasteiger partial charge is 0.392 e. The van der Waals surface area contributed by atoms with Crippen molar-refractivity contribution in [2.75, 3.05) is 25.0 Å². The molecule has 0 bridgehead atoms. The number of benzene rings is 2. The Balaban J connectivity index is 1.35. The van der Waals surface area contributed by atoms with Gasteiger partial charge in [-0.1, -0.05) is 42.8 Å². The molecule has 10 heteroatoms. The van der Waals surface area contributed by atoms with Crippen molar-refractivity contribution in [3.05, 3.63) is 65.2 Å². The molecule has 0 unspecified atom stereocenters. The fraction of sp³-hybridized carbons (Fsp3) is 0.517. The minimum atomic E-state index is -0.584. The van der Waals surface area contributed by atoms with Crippen LogP contribution in [0.4, 0.5) is 5.69 Å². The molecule has 2 aliphatic rings. The van der Waals surface area contributed by atoms with Crippen LogP contribution >= 0.6 is 0 Å². The van der Waals surface area contributed by atoms with Crippen molar-refractivity contribution in [2.45, 2.75) is 76.2 Å². The number of unbranched alkanes of at least 4 members (excludes halogenated alkanes) is 2. The summed E-state index contributed by atoms with van der Waals surface area (Å²) < 4.78 is 12.8. The smallest absolute Gasteiger partial charge is 0.243 e. The van der Waals surface area contributed by atoms with Gasteiger partial charge < -0.3 is 25.0 Å². The monoisotopic (exact) mass is 541 g/mol. The molecular formula is C29H39N3O7. The number of hydrogen-bond donors (Lipinski definition) is 5. The van der Waals surface area contributed by atoms with Crippen LogP contribution in [-0.2, 0) is 25.7 Å². The molecule has 0 spiro atoms. The van der Waals surface area contributed by atoms with Crippen molar-refractivity contribution < 1.29 is 34.5 Å². The Bertz CT molecular complexity index is 1060. The molecule has 2 heterocycles. The van der Waals surface area contributed by atoms with E-state index in [4.69, 9.17) is 14.7 Å². The average Bonchev–Trinajstić information content (AvgIpc) is 3.37. The Hall–Kier alpha value is -2.86. The minimum absolute atomic E-state index is 0.0102. The maximum absolute atomic E-state index is 12.3. The van der Waals surface area contributed by atoms with E-state index in [9.17, 15) is 19.8 Å². The van der Waals surface area contributed by atoms with Gasteiger partial charge >= 0.3 is 0 Å².